The van der Waals surface area contributed by atoms with E-state index in [1.807, 2.05) is 0 Å². The first-order chi connectivity index (χ1) is 8.13. The van der Waals surface area contributed by atoms with Crippen molar-refractivity contribution in [2.75, 3.05) is 39.5 Å². The zero-order chi connectivity index (χ0) is 12.7. The number of hydrogen-bond donors (Lipinski definition) is 2. The molecule has 1 atom stereocenters. The highest BCUT2D eigenvalue weighted by atomic mass is 16.5. The van der Waals surface area contributed by atoms with Gasteiger partial charge in [0.15, 0.2) is 5.84 Å². The summed E-state index contributed by atoms with van der Waals surface area (Å²) in [6.07, 6.45) is -0.307. The molecular weight excluding hydrogens is 222 g/mol. The first kappa shape index (κ1) is 14.2. The summed E-state index contributed by atoms with van der Waals surface area (Å²) in [5.74, 6) is 0.697. The fourth-order valence-corrected chi connectivity index (χ4v) is 1.66. The number of oxime groups is 1. The van der Waals surface area contributed by atoms with E-state index in [1.54, 1.807) is 0 Å². The van der Waals surface area contributed by atoms with Crippen molar-refractivity contribution < 1.29 is 14.7 Å². The van der Waals surface area contributed by atoms with Gasteiger partial charge in [-0.05, 0) is 5.92 Å². The third-order valence-corrected chi connectivity index (χ3v) is 2.60. The van der Waals surface area contributed by atoms with Gasteiger partial charge in [-0.1, -0.05) is 19.0 Å². The van der Waals surface area contributed by atoms with Crippen molar-refractivity contribution in [1.29, 1.82) is 0 Å². The average molecular weight is 245 g/mol. The van der Waals surface area contributed by atoms with Crippen molar-refractivity contribution in [2.24, 2.45) is 16.8 Å². The van der Waals surface area contributed by atoms with Gasteiger partial charge in [0.2, 0.25) is 0 Å². The molecule has 1 unspecified atom stereocenters. The Morgan fingerprint density at radius 3 is 3.06 bits per heavy atom. The van der Waals surface area contributed by atoms with E-state index in [9.17, 15) is 0 Å². The summed E-state index contributed by atoms with van der Waals surface area (Å²) in [5, 5.41) is 11.6. The minimum atomic E-state index is -0.307. The van der Waals surface area contributed by atoms with E-state index < -0.39 is 0 Å². The van der Waals surface area contributed by atoms with Crippen LogP contribution in [0.1, 0.15) is 13.8 Å². The number of nitrogens with two attached hydrogens (primary N) is 1. The van der Waals surface area contributed by atoms with Crippen molar-refractivity contribution in [3.8, 4) is 0 Å². The molecule has 1 fully saturated rings. The Hall–Kier alpha value is -0.850. The molecule has 0 amide bonds. The van der Waals surface area contributed by atoms with Crippen molar-refractivity contribution in [3.63, 3.8) is 0 Å². The van der Waals surface area contributed by atoms with Gasteiger partial charge in [0.05, 0.1) is 13.2 Å². The Kier molecular flexibility index (Phi) is 6.25. The lowest BCUT2D eigenvalue weighted by molar-refractivity contribution is -0.00862. The lowest BCUT2D eigenvalue weighted by Crippen LogP contribution is -2.49. The summed E-state index contributed by atoms with van der Waals surface area (Å²) in [5.41, 5.74) is 5.52. The SMILES string of the molecule is CC(C)COCCN1CCOC(C(N)=NO)C1. The van der Waals surface area contributed by atoms with Crippen molar-refractivity contribution in [2.45, 2.75) is 20.0 Å². The quantitative estimate of drug-likeness (QED) is 0.228. The first-order valence-corrected chi connectivity index (χ1v) is 6.02. The largest absolute Gasteiger partial charge is 0.409 e. The van der Waals surface area contributed by atoms with Gasteiger partial charge in [0.1, 0.15) is 6.10 Å². The van der Waals surface area contributed by atoms with Gasteiger partial charge in [-0.3, -0.25) is 4.90 Å². The van der Waals surface area contributed by atoms with E-state index in [0.29, 0.717) is 25.7 Å². The maximum absolute atomic E-state index is 8.59. The predicted octanol–water partition coefficient (Wildman–Crippen LogP) is 0.106. The first-order valence-electron chi connectivity index (χ1n) is 6.02. The Balaban J connectivity index is 2.21. The second-order valence-corrected chi connectivity index (χ2v) is 4.65. The minimum Gasteiger partial charge on any atom is -0.409 e. The molecule has 0 aromatic heterocycles. The maximum atomic E-state index is 8.59. The van der Waals surface area contributed by atoms with E-state index in [0.717, 1.165) is 19.7 Å². The molecule has 6 nitrogen and oxygen atoms in total. The normalized spacial score (nSPS) is 23.2. The summed E-state index contributed by atoms with van der Waals surface area (Å²) in [6.45, 7) is 8.72. The Labute approximate surface area is 102 Å². The monoisotopic (exact) mass is 245 g/mol. The van der Waals surface area contributed by atoms with Crippen LogP contribution in [-0.4, -0.2) is 61.5 Å². The molecule has 1 aliphatic heterocycles. The van der Waals surface area contributed by atoms with Crippen LogP contribution in [-0.2, 0) is 9.47 Å². The van der Waals surface area contributed by atoms with E-state index in [4.69, 9.17) is 20.4 Å². The minimum absolute atomic E-state index is 0.137. The molecule has 6 heteroatoms. The summed E-state index contributed by atoms with van der Waals surface area (Å²) >= 11 is 0. The molecule has 100 valence electrons. The molecule has 0 saturated carbocycles. The van der Waals surface area contributed by atoms with Gasteiger partial charge in [0, 0.05) is 26.2 Å². The Morgan fingerprint density at radius 2 is 2.41 bits per heavy atom. The summed E-state index contributed by atoms with van der Waals surface area (Å²) in [4.78, 5) is 2.20. The Bertz CT molecular complexity index is 246. The van der Waals surface area contributed by atoms with Gasteiger partial charge in [-0.25, -0.2) is 0 Å². The topological polar surface area (TPSA) is 80.3 Å². The third-order valence-electron chi connectivity index (χ3n) is 2.60. The highest BCUT2D eigenvalue weighted by Crippen LogP contribution is 2.05. The van der Waals surface area contributed by atoms with E-state index >= 15 is 0 Å². The van der Waals surface area contributed by atoms with Gasteiger partial charge in [-0.2, -0.15) is 0 Å². The third kappa shape index (κ3) is 5.34. The molecule has 0 spiro atoms. The number of amidine groups is 1. The fourth-order valence-electron chi connectivity index (χ4n) is 1.66. The molecule has 1 rings (SSSR count). The van der Waals surface area contributed by atoms with E-state index in [1.165, 1.54) is 0 Å². The fraction of sp³-hybridized carbons (Fsp3) is 0.909. The van der Waals surface area contributed by atoms with Gasteiger partial charge in [-0.15, -0.1) is 0 Å². The number of nitrogens with zero attached hydrogens (tertiary/aromatic N) is 2. The van der Waals surface area contributed by atoms with E-state index in [-0.39, 0.29) is 11.9 Å². The van der Waals surface area contributed by atoms with Crippen LogP contribution in [0.25, 0.3) is 0 Å². The smallest absolute Gasteiger partial charge is 0.169 e. The molecule has 0 aromatic carbocycles. The second-order valence-electron chi connectivity index (χ2n) is 4.65. The lowest BCUT2D eigenvalue weighted by Gasteiger charge is -2.32. The van der Waals surface area contributed by atoms with Crippen LogP contribution in [0.4, 0.5) is 0 Å². The summed E-state index contributed by atoms with van der Waals surface area (Å²) in [6, 6.07) is 0. The molecular formula is C11H23N3O3. The highest BCUT2D eigenvalue weighted by Gasteiger charge is 2.23. The molecule has 0 aliphatic carbocycles. The van der Waals surface area contributed by atoms with Crippen molar-refractivity contribution in [1.82, 2.24) is 4.90 Å². The second kappa shape index (κ2) is 7.47. The molecule has 0 aromatic rings. The van der Waals surface area contributed by atoms with Crippen molar-refractivity contribution >= 4 is 5.84 Å². The molecule has 17 heavy (non-hydrogen) atoms. The standard InChI is InChI=1S/C11H23N3O3/c1-9(2)8-16-5-3-14-4-6-17-10(7-14)11(12)13-15/h9-10,15H,3-8H2,1-2H3,(H2,12,13). The molecule has 0 radical (unpaired) electrons. The zero-order valence-electron chi connectivity index (χ0n) is 10.6. The molecule has 0 bridgehead atoms. The van der Waals surface area contributed by atoms with Crippen LogP contribution in [0, 0.1) is 5.92 Å². The van der Waals surface area contributed by atoms with Crippen molar-refractivity contribution in [3.05, 3.63) is 0 Å². The zero-order valence-corrected chi connectivity index (χ0v) is 10.6. The van der Waals surface area contributed by atoms with Crippen LogP contribution < -0.4 is 5.73 Å². The maximum Gasteiger partial charge on any atom is 0.169 e. The van der Waals surface area contributed by atoms with Gasteiger partial charge in [0.25, 0.3) is 0 Å². The van der Waals surface area contributed by atoms with E-state index in [2.05, 4.69) is 23.9 Å². The lowest BCUT2D eigenvalue weighted by atomic mass is 10.2. The van der Waals surface area contributed by atoms with Crippen LogP contribution >= 0.6 is 0 Å². The van der Waals surface area contributed by atoms with Gasteiger partial charge < -0.3 is 20.4 Å². The number of hydrogen-bond acceptors (Lipinski definition) is 5. The summed E-state index contributed by atoms with van der Waals surface area (Å²) in [7, 11) is 0. The highest BCUT2D eigenvalue weighted by molar-refractivity contribution is 5.84. The summed E-state index contributed by atoms with van der Waals surface area (Å²) < 4.78 is 10.9. The van der Waals surface area contributed by atoms with Crippen LogP contribution in [0.5, 0.6) is 0 Å². The molecule has 1 heterocycles. The number of morpholine rings is 1. The van der Waals surface area contributed by atoms with Crippen LogP contribution in [0.15, 0.2) is 5.16 Å². The molecule has 1 aliphatic rings. The van der Waals surface area contributed by atoms with Crippen LogP contribution in [0.3, 0.4) is 0 Å². The van der Waals surface area contributed by atoms with Crippen LogP contribution in [0.2, 0.25) is 0 Å². The number of rotatable bonds is 6. The average Bonchev–Trinajstić information content (AvgIpc) is 2.34. The predicted molar refractivity (Wildman–Crippen MR) is 65.2 cm³/mol. The molecule has 3 N–H and O–H groups in total. The van der Waals surface area contributed by atoms with Gasteiger partial charge >= 0.3 is 0 Å². The number of ether oxygens (including phenoxy) is 2. The molecule has 1 saturated heterocycles. The Morgan fingerprint density at radius 1 is 1.65 bits per heavy atom.